The third kappa shape index (κ3) is 3.64. The van der Waals surface area contributed by atoms with Crippen LogP contribution >= 0.6 is 0 Å². The van der Waals surface area contributed by atoms with Crippen molar-refractivity contribution in [3.05, 3.63) is 29.8 Å². The third-order valence-corrected chi connectivity index (χ3v) is 6.21. The molecule has 1 fully saturated rings. The quantitative estimate of drug-likeness (QED) is 0.930. The molecule has 2 rings (SSSR count). The normalized spacial score (nSPS) is 16.9. The molecule has 0 aromatic heterocycles. The van der Waals surface area contributed by atoms with E-state index < -0.39 is 15.1 Å². The second-order valence-corrected chi connectivity index (χ2v) is 8.37. The van der Waals surface area contributed by atoms with E-state index in [1.807, 2.05) is 0 Å². The van der Waals surface area contributed by atoms with Crippen molar-refractivity contribution in [3.8, 4) is 0 Å². The fourth-order valence-corrected chi connectivity index (χ4v) is 3.91. The summed E-state index contributed by atoms with van der Waals surface area (Å²) in [5.74, 6) is -0.276. The van der Waals surface area contributed by atoms with Gasteiger partial charge in [0.25, 0.3) is 5.91 Å². The van der Waals surface area contributed by atoms with E-state index in [2.05, 4.69) is 5.32 Å². The van der Waals surface area contributed by atoms with Crippen molar-refractivity contribution in [3.63, 3.8) is 0 Å². The van der Waals surface area contributed by atoms with Gasteiger partial charge in [-0.1, -0.05) is 31.4 Å². The van der Waals surface area contributed by atoms with Crippen LogP contribution in [0.25, 0.3) is 0 Å². The van der Waals surface area contributed by atoms with Crippen molar-refractivity contribution in [2.45, 2.75) is 62.1 Å². The zero-order valence-electron chi connectivity index (χ0n) is 12.6. The number of rotatable bonds is 4. The SMILES string of the molecule is CC(C)S(=O)(=O)c1ccccc1C(=O)NC1CCCCC1. The van der Waals surface area contributed by atoms with E-state index in [4.69, 9.17) is 0 Å². The molecule has 1 aromatic rings. The summed E-state index contributed by atoms with van der Waals surface area (Å²) in [6, 6.07) is 6.64. The lowest BCUT2D eigenvalue weighted by Gasteiger charge is -2.23. The molecule has 1 aliphatic carbocycles. The summed E-state index contributed by atoms with van der Waals surface area (Å²) < 4.78 is 24.7. The maximum atomic E-state index is 12.4. The van der Waals surface area contributed by atoms with Crippen LogP contribution in [0, 0.1) is 0 Å². The first-order valence-electron chi connectivity index (χ1n) is 7.56. The average Bonchev–Trinajstić information content (AvgIpc) is 2.48. The average molecular weight is 309 g/mol. The van der Waals surface area contributed by atoms with Crippen LogP contribution in [0.2, 0.25) is 0 Å². The monoisotopic (exact) mass is 309 g/mol. The lowest BCUT2D eigenvalue weighted by molar-refractivity contribution is 0.0924. The minimum atomic E-state index is -3.45. The zero-order valence-corrected chi connectivity index (χ0v) is 13.4. The first kappa shape index (κ1) is 16.0. The summed E-state index contributed by atoms with van der Waals surface area (Å²) in [5, 5.41) is 2.44. The van der Waals surface area contributed by atoms with Crippen LogP contribution in [0.4, 0.5) is 0 Å². The number of carbonyl (C=O) groups is 1. The molecule has 21 heavy (non-hydrogen) atoms. The molecule has 1 amide bonds. The molecule has 1 aliphatic rings. The van der Waals surface area contributed by atoms with Crippen LogP contribution in [-0.4, -0.2) is 25.6 Å². The maximum absolute atomic E-state index is 12.4. The summed E-state index contributed by atoms with van der Waals surface area (Å²) in [6.07, 6.45) is 5.41. The van der Waals surface area contributed by atoms with E-state index in [0.717, 1.165) is 25.7 Å². The van der Waals surface area contributed by atoms with Crippen LogP contribution in [0.3, 0.4) is 0 Å². The number of sulfone groups is 1. The molecule has 116 valence electrons. The van der Waals surface area contributed by atoms with Crippen molar-refractivity contribution in [1.29, 1.82) is 0 Å². The summed E-state index contributed by atoms with van der Waals surface area (Å²) >= 11 is 0. The second kappa shape index (κ2) is 6.60. The summed E-state index contributed by atoms with van der Waals surface area (Å²) in [5.41, 5.74) is 0.261. The van der Waals surface area contributed by atoms with Gasteiger partial charge >= 0.3 is 0 Å². The maximum Gasteiger partial charge on any atom is 0.252 e. The van der Waals surface area contributed by atoms with Gasteiger partial charge in [-0.15, -0.1) is 0 Å². The topological polar surface area (TPSA) is 63.2 Å². The zero-order chi connectivity index (χ0) is 15.5. The Morgan fingerprint density at radius 1 is 1.14 bits per heavy atom. The minimum Gasteiger partial charge on any atom is -0.349 e. The highest BCUT2D eigenvalue weighted by molar-refractivity contribution is 7.92. The van der Waals surface area contributed by atoms with E-state index in [-0.39, 0.29) is 22.4 Å². The Hall–Kier alpha value is -1.36. The fourth-order valence-electron chi connectivity index (χ4n) is 2.67. The number of amides is 1. The van der Waals surface area contributed by atoms with Crippen LogP contribution < -0.4 is 5.32 Å². The van der Waals surface area contributed by atoms with Gasteiger partial charge in [0.1, 0.15) is 0 Å². The Morgan fingerprint density at radius 2 is 1.76 bits per heavy atom. The van der Waals surface area contributed by atoms with Gasteiger partial charge in [-0.05, 0) is 38.8 Å². The molecule has 1 N–H and O–H groups in total. The molecule has 0 heterocycles. The van der Waals surface area contributed by atoms with Crippen LogP contribution in [0.1, 0.15) is 56.3 Å². The van der Waals surface area contributed by atoms with Gasteiger partial charge in [-0.25, -0.2) is 8.42 Å². The third-order valence-electron chi connectivity index (χ3n) is 4.00. The Balaban J connectivity index is 2.25. The predicted molar refractivity (Wildman–Crippen MR) is 83.1 cm³/mol. The predicted octanol–water partition coefficient (Wildman–Crippen LogP) is 2.93. The van der Waals surface area contributed by atoms with E-state index in [9.17, 15) is 13.2 Å². The molecule has 0 radical (unpaired) electrons. The molecule has 0 saturated heterocycles. The van der Waals surface area contributed by atoms with E-state index >= 15 is 0 Å². The number of hydrogen-bond donors (Lipinski definition) is 1. The lowest BCUT2D eigenvalue weighted by Crippen LogP contribution is -2.37. The standard InChI is InChI=1S/C16H23NO3S/c1-12(2)21(19,20)15-11-7-6-10-14(15)16(18)17-13-8-4-3-5-9-13/h6-7,10-13H,3-5,8-9H2,1-2H3,(H,17,18). The van der Waals surface area contributed by atoms with Crippen LogP contribution in [0.5, 0.6) is 0 Å². The van der Waals surface area contributed by atoms with Crippen molar-refractivity contribution < 1.29 is 13.2 Å². The Morgan fingerprint density at radius 3 is 2.38 bits per heavy atom. The van der Waals surface area contributed by atoms with Gasteiger partial charge in [-0.3, -0.25) is 4.79 Å². The summed E-state index contributed by atoms with van der Waals surface area (Å²) in [7, 11) is -3.45. The molecule has 0 unspecified atom stereocenters. The Bertz CT molecular complexity index is 602. The number of benzene rings is 1. The molecular formula is C16H23NO3S. The van der Waals surface area contributed by atoms with Crippen molar-refractivity contribution in [2.75, 3.05) is 0 Å². The lowest BCUT2D eigenvalue weighted by atomic mass is 9.95. The van der Waals surface area contributed by atoms with Gasteiger partial charge in [0.15, 0.2) is 9.84 Å². The van der Waals surface area contributed by atoms with Crippen LogP contribution in [-0.2, 0) is 9.84 Å². The van der Waals surface area contributed by atoms with Crippen molar-refractivity contribution >= 4 is 15.7 Å². The second-order valence-electron chi connectivity index (χ2n) is 5.90. The molecule has 0 atom stereocenters. The van der Waals surface area contributed by atoms with E-state index in [1.54, 1.807) is 32.0 Å². The first-order chi connectivity index (χ1) is 9.93. The van der Waals surface area contributed by atoms with Gasteiger partial charge in [0.2, 0.25) is 0 Å². The van der Waals surface area contributed by atoms with E-state index in [1.165, 1.54) is 12.5 Å². The molecule has 0 aliphatic heterocycles. The molecular weight excluding hydrogens is 286 g/mol. The van der Waals surface area contributed by atoms with Gasteiger partial charge in [-0.2, -0.15) is 0 Å². The minimum absolute atomic E-state index is 0.133. The van der Waals surface area contributed by atoms with Gasteiger partial charge in [0.05, 0.1) is 15.7 Å². The smallest absolute Gasteiger partial charge is 0.252 e. The van der Waals surface area contributed by atoms with Crippen LogP contribution in [0.15, 0.2) is 29.2 Å². The summed E-state index contributed by atoms with van der Waals surface area (Å²) in [4.78, 5) is 12.6. The molecule has 1 saturated carbocycles. The Kier molecular flexibility index (Phi) is 5.04. The number of carbonyl (C=O) groups excluding carboxylic acids is 1. The highest BCUT2D eigenvalue weighted by Gasteiger charge is 2.26. The Labute approximate surface area is 126 Å². The van der Waals surface area contributed by atoms with Gasteiger partial charge in [0, 0.05) is 6.04 Å². The molecule has 0 bridgehead atoms. The van der Waals surface area contributed by atoms with Crippen molar-refractivity contribution in [2.24, 2.45) is 0 Å². The molecule has 1 aromatic carbocycles. The molecule has 4 nitrogen and oxygen atoms in total. The molecule has 0 spiro atoms. The van der Waals surface area contributed by atoms with Gasteiger partial charge < -0.3 is 5.32 Å². The highest BCUT2D eigenvalue weighted by Crippen LogP contribution is 2.22. The fraction of sp³-hybridized carbons (Fsp3) is 0.562. The summed E-state index contributed by atoms with van der Waals surface area (Å²) in [6.45, 7) is 3.26. The first-order valence-corrected chi connectivity index (χ1v) is 9.11. The largest absolute Gasteiger partial charge is 0.349 e. The molecule has 5 heteroatoms. The number of hydrogen-bond acceptors (Lipinski definition) is 3. The van der Waals surface area contributed by atoms with Crippen molar-refractivity contribution in [1.82, 2.24) is 5.32 Å². The van der Waals surface area contributed by atoms with E-state index in [0.29, 0.717) is 0 Å². The highest BCUT2D eigenvalue weighted by atomic mass is 32.2. The number of nitrogens with one attached hydrogen (secondary N) is 1.